The Morgan fingerprint density at radius 3 is 1.74 bits per heavy atom. The Morgan fingerprint density at radius 1 is 0.889 bits per heavy atom. The molecule has 1 aromatic heterocycles. The number of carbonyl (C=O) groups excluding carboxylic acids is 1. The van der Waals surface area contributed by atoms with Gasteiger partial charge in [-0.2, -0.15) is 26.3 Å². The van der Waals surface area contributed by atoms with Gasteiger partial charge in [0.25, 0.3) is 0 Å². The zero-order valence-electron chi connectivity index (χ0n) is 14.1. The van der Waals surface area contributed by atoms with E-state index in [-0.39, 0.29) is 18.0 Å². The summed E-state index contributed by atoms with van der Waals surface area (Å²) in [6.45, 7) is 2.72. The van der Waals surface area contributed by atoms with E-state index in [2.05, 4.69) is 0 Å². The molecule has 10 heteroatoms. The second-order valence-corrected chi connectivity index (χ2v) is 5.90. The minimum Gasteiger partial charge on any atom is -0.340 e. The van der Waals surface area contributed by atoms with E-state index in [1.54, 1.807) is 13.8 Å². The number of anilines is 1. The maximum absolute atomic E-state index is 12.9. The fourth-order valence-electron chi connectivity index (χ4n) is 2.51. The van der Waals surface area contributed by atoms with E-state index in [4.69, 9.17) is 0 Å². The lowest BCUT2D eigenvalue weighted by Crippen LogP contribution is -2.23. The van der Waals surface area contributed by atoms with Gasteiger partial charge in [-0.3, -0.25) is 9.59 Å². The van der Waals surface area contributed by atoms with Crippen LogP contribution in [-0.2, 0) is 23.7 Å². The number of aromatic nitrogens is 1. The van der Waals surface area contributed by atoms with Gasteiger partial charge in [-0.05, 0) is 32.0 Å². The SMILES string of the molecule is Cc1cc(=O)cc(C)n1CC(=O)Nc1cc(C(F)(F)F)cc(C(F)(F)F)c1. The van der Waals surface area contributed by atoms with Crippen LogP contribution in [0.1, 0.15) is 22.5 Å². The van der Waals surface area contributed by atoms with E-state index in [1.165, 1.54) is 16.7 Å². The highest BCUT2D eigenvalue weighted by Gasteiger charge is 2.37. The molecule has 0 aliphatic rings. The Kier molecular flexibility index (Phi) is 5.39. The summed E-state index contributed by atoms with van der Waals surface area (Å²) in [6, 6.07) is 3.35. The van der Waals surface area contributed by atoms with E-state index in [0.29, 0.717) is 23.5 Å². The van der Waals surface area contributed by atoms with Crippen molar-refractivity contribution in [3.05, 3.63) is 63.1 Å². The Labute approximate surface area is 149 Å². The van der Waals surface area contributed by atoms with Crippen LogP contribution in [0.2, 0.25) is 0 Å². The summed E-state index contributed by atoms with van der Waals surface area (Å²) in [5.74, 6) is -0.836. The van der Waals surface area contributed by atoms with Gasteiger partial charge >= 0.3 is 12.4 Å². The molecule has 0 spiro atoms. The first-order valence-corrected chi connectivity index (χ1v) is 7.55. The molecule has 1 heterocycles. The van der Waals surface area contributed by atoms with Gasteiger partial charge in [0.2, 0.25) is 5.91 Å². The van der Waals surface area contributed by atoms with E-state index in [0.717, 1.165) is 0 Å². The van der Waals surface area contributed by atoms with Crippen LogP contribution in [0, 0.1) is 13.8 Å². The summed E-state index contributed by atoms with van der Waals surface area (Å²) in [4.78, 5) is 23.5. The van der Waals surface area contributed by atoms with Crippen molar-refractivity contribution in [3.8, 4) is 0 Å². The number of benzene rings is 1. The molecule has 0 unspecified atom stereocenters. The molecular formula is C17H14F6N2O2. The zero-order valence-corrected chi connectivity index (χ0v) is 14.1. The third kappa shape index (κ3) is 5.11. The molecule has 0 fully saturated rings. The Balaban J connectivity index is 2.34. The minimum atomic E-state index is -5.01. The molecule has 0 aliphatic heterocycles. The van der Waals surface area contributed by atoms with Crippen molar-refractivity contribution in [2.24, 2.45) is 0 Å². The van der Waals surface area contributed by atoms with Crippen LogP contribution in [0.15, 0.2) is 35.1 Å². The molecule has 0 saturated heterocycles. The van der Waals surface area contributed by atoms with Gasteiger partial charge in [0.15, 0.2) is 5.43 Å². The van der Waals surface area contributed by atoms with Crippen LogP contribution >= 0.6 is 0 Å². The Morgan fingerprint density at radius 2 is 1.33 bits per heavy atom. The number of nitrogens with zero attached hydrogens (tertiary/aromatic N) is 1. The number of amides is 1. The van der Waals surface area contributed by atoms with E-state index < -0.39 is 35.1 Å². The van der Waals surface area contributed by atoms with Crippen molar-refractivity contribution < 1.29 is 31.1 Å². The maximum atomic E-state index is 12.9. The van der Waals surface area contributed by atoms with Crippen LogP contribution in [-0.4, -0.2) is 10.5 Å². The number of alkyl halides is 6. The van der Waals surface area contributed by atoms with Gasteiger partial charge < -0.3 is 9.88 Å². The van der Waals surface area contributed by atoms with Crippen molar-refractivity contribution >= 4 is 11.6 Å². The molecule has 2 aromatic rings. The highest BCUT2D eigenvalue weighted by molar-refractivity contribution is 5.90. The van der Waals surface area contributed by atoms with Crippen molar-refractivity contribution in [1.29, 1.82) is 0 Å². The quantitative estimate of drug-likeness (QED) is 0.799. The minimum absolute atomic E-state index is 0.0221. The third-order valence-electron chi connectivity index (χ3n) is 3.73. The summed E-state index contributed by atoms with van der Waals surface area (Å²) in [7, 11) is 0. The topological polar surface area (TPSA) is 51.1 Å². The van der Waals surface area contributed by atoms with Crippen molar-refractivity contribution in [3.63, 3.8) is 0 Å². The van der Waals surface area contributed by atoms with Crippen molar-refractivity contribution in [2.45, 2.75) is 32.7 Å². The standard InChI is InChI=1S/C17H14F6N2O2/c1-9-3-14(26)4-10(2)25(9)8-15(27)24-13-6-11(16(18,19)20)5-12(7-13)17(21,22)23/h3-7H,8H2,1-2H3,(H,24,27). The van der Waals surface area contributed by atoms with Crippen LogP contribution in [0.25, 0.3) is 0 Å². The molecule has 1 amide bonds. The predicted molar refractivity (Wildman–Crippen MR) is 85.3 cm³/mol. The van der Waals surface area contributed by atoms with Gasteiger partial charge in [0, 0.05) is 29.2 Å². The monoisotopic (exact) mass is 392 g/mol. The third-order valence-corrected chi connectivity index (χ3v) is 3.73. The number of aryl methyl sites for hydroxylation is 2. The largest absolute Gasteiger partial charge is 0.416 e. The molecule has 0 atom stereocenters. The molecular weight excluding hydrogens is 378 g/mol. The molecule has 0 bridgehead atoms. The Bertz CT molecular complexity index is 870. The molecule has 4 nitrogen and oxygen atoms in total. The molecule has 0 aliphatic carbocycles. The summed E-state index contributed by atoms with van der Waals surface area (Å²) in [5.41, 5.74) is -3.11. The van der Waals surface area contributed by atoms with Crippen LogP contribution in [0.5, 0.6) is 0 Å². The number of hydrogen-bond acceptors (Lipinski definition) is 2. The first-order valence-electron chi connectivity index (χ1n) is 7.55. The van der Waals surface area contributed by atoms with E-state index in [9.17, 15) is 35.9 Å². The highest BCUT2D eigenvalue weighted by atomic mass is 19.4. The average molecular weight is 392 g/mol. The number of hydrogen-bond donors (Lipinski definition) is 1. The molecule has 0 radical (unpaired) electrons. The second-order valence-electron chi connectivity index (χ2n) is 5.90. The summed E-state index contributed by atoms with van der Waals surface area (Å²) in [5, 5.41) is 2.05. The lowest BCUT2D eigenvalue weighted by Gasteiger charge is -2.16. The average Bonchev–Trinajstić information content (AvgIpc) is 2.48. The number of rotatable bonds is 3. The second kappa shape index (κ2) is 7.09. The summed E-state index contributed by atoms with van der Waals surface area (Å²) < 4.78 is 78.5. The Hall–Kier alpha value is -2.78. The molecule has 1 aromatic carbocycles. The number of carbonyl (C=O) groups is 1. The lowest BCUT2D eigenvalue weighted by molar-refractivity contribution is -0.143. The smallest absolute Gasteiger partial charge is 0.340 e. The highest BCUT2D eigenvalue weighted by Crippen LogP contribution is 2.37. The van der Waals surface area contributed by atoms with Crippen LogP contribution in [0.3, 0.4) is 0 Å². The summed E-state index contributed by atoms with van der Waals surface area (Å²) in [6.07, 6.45) is -10.0. The summed E-state index contributed by atoms with van der Waals surface area (Å²) >= 11 is 0. The number of nitrogens with one attached hydrogen (secondary N) is 1. The van der Waals surface area contributed by atoms with Gasteiger partial charge in [0.1, 0.15) is 6.54 Å². The number of pyridine rings is 1. The fourth-order valence-corrected chi connectivity index (χ4v) is 2.51. The molecule has 1 N–H and O–H groups in total. The normalized spacial score (nSPS) is 12.1. The maximum Gasteiger partial charge on any atom is 0.416 e. The van der Waals surface area contributed by atoms with Gasteiger partial charge in [0.05, 0.1) is 11.1 Å². The van der Waals surface area contributed by atoms with E-state index >= 15 is 0 Å². The zero-order chi connectivity index (χ0) is 20.6. The van der Waals surface area contributed by atoms with Crippen LogP contribution in [0.4, 0.5) is 32.0 Å². The lowest BCUT2D eigenvalue weighted by atomic mass is 10.1. The van der Waals surface area contributed by atoms with Crippen molar-refractivity contribution in [1.82, 2.24) is 4.57 Å². The van der Waals surface area contributed by atoms with Gasteiger partial charge in [-0.25, -0.2) is 0 Å². The number of halogens is 6. The first kappa shape index (κ1) is 20.5. The first-order chi connectivity index (χ1) is 12.3. The van der Waals surface area contributed by atoms with Gasteiger partial charge in [-0.1, -0.05) is 0 Å². The molecule has 2 rings (SSSR count). The van der Waals surface area contributed by atoms with Crippen molar-refractivity contribution in [2.75, 3.05) is 5.32 Å². The van der Waals surface area contributed by atoms with Gasteiger partial charge in [-0.15, -0.1) is 0 Å². The van der Waals surface area contributed by atoms with Crippen LogP contribution < -0.4 is 10.7 Å². The predicted octanol–water partition coefficient (Wildman–Crippen LogP) is 4.14. The fraction of sp³-hybridized carbons (Fsp3) is 0.294. The van der Waals surface area contributed by atoms with E-state index in [1.807, 2.05) is 5.32 Å². The molecule has 146 valence electrons. The molecule has 27 heavy (non-hydrogen) atoms. The molecule has 0 saturated carbocycles.